The number of nitrogens with zero attached hydrogens (tertiary/aromatic N) is 4. The van der Waals surface area contributed by atoms with Crippen LogP contribution in [0.3, 0.4) is 0 Å². The number of guanidine groups is 1. The van der Waals surface area contributed by atoms with Gasteiger partial charge in [0.2, 0.25) is 0 Å². The molecule has 1 aromatic carbocycles. The molecule has 0 aliphatic rings. The van der Waals surface area contributed by atoms with Gasteiger partial charge in [-0.3, -0.25) is 10.1 Å². The Hall–Kier alpha value is -2.74. The van der Waals surface area contributed by atoms with E-state index < -0.39 is 0 Å². The summed E-state index contributed by atoms with van der Waals surface area (Å²) in [5.74, 6) is 1.54. The van der Waals surface area contributed by atoms with Crippen LogP contribution in [0, 0.1) is 13.8 Å². The highest BCUT2D eigenvalue weighted by Crippen LogP contribution is 2.16. The van der Waals surface area contributed by atoms with Crippen LogP contribution in [0.15, 0.2) is 35.6 Å². The molecule has 2 aromatic heterocycles. The molecule has 0 spiro atoms. The number of thiazole rings is 1. The van der Waals surface area contributed by atoms with Crippen molar-refractivity contribution in [2.45, 2.75) is 26.8 Å². The number of nitrogens with one attached hydrogen (secondary N) is 3. The molecule has 0 fully saturated rings. The minimum Gasteiger partial charge on any atom is -0.356 e. The van der Waals surface area contributed by atoms with E-state index >= 15 is 0 Å². The van der Waals surface area contributed by atoms with Crippen molar-refractivity contribution in [1.29, 1.82) is 0 Å². The van der Waals surface area contributed by atoms with E-state index in [1.165, 1.54) is 11.2 Å². The molecule has 0 amide bonds. The highest BCUT2D eigenvalue weighted by molar-refractivity contribution is 7.11. The number of hydrogen-bond acceptors (Lipinski definition) is 5. The molecule has 2 heterocycles. The van der Waals surface area contributed by atoms with E-state index in [0.29, 0.717) is 6.54 Å². The van der Waals surface area contributed by atoms with E-state index in [2.05, 4.69) is 61.8 Å². The van der Waals surface area contributed by atoms with E-state index in [-0.39, 0.29) is 0 Å². The zero-order chi connectivity index (χ0) is 18.4. The van der Waals surface area contributed by atoms with Crippen LogP contribution in [0.5, 0.6) is 0 Å². The first kappa shape index (κ1) is 18.1. The van der Waals surface area contributed by atoms with Crippen molar-refractivity contribution < 1.29 is 0 Å². The standard InChI is InChI=1S/C18H23N7S/c1-12-13(2)26-16(24-12)7-8-20-18(19-3)21-10-14-5-4-6-15(9-14)17-22-11-23-25-17/h4-6,9,11H,7-8,10H2,1-3H3,(H2,19,20,21)(H,22,23,25). The Morgan fingerprint density at radius 3 is 2.85 bits per heavy atom. The fourth-order valence-corrected chi connectivity index (χ4v) is 3.45. The van der Waals surface area contributed by atoms with Crippen LogP contribution in [0.2, 0.25) is 0 Å². The van der Waals surface area contributed by atoms with E-state index in [0.717, 1.165) is 46.6 Å². The Morgan fingerprint density at radius 2 is 2.15 bits per heavy atom. The molecular formula is C18H23N7S. The zero-order valence-corrected chi connectivity index (χ0v) is 16.0. The Kier molecular flexibility index (Phi) is 5.96. The largest absolute Gasteiger partial charge is 0.356 e. The molecule has 0 saturated carbocycles. The van der Waals surface area contributed by atoms with Gasteiger partial charge in [0.25, 0.3) is 0 Å². The minimum absolute atomic E-state index is 0.678. The van der Waals surface area contributed by atoms with Crippen molar-refractivity contribution in [2.75, 3.05) is 13.6 Å². The van der Waals surface area contributed by atoms with Gasteiger partial charge in [0.1, 0.15) is 6.33 Å². The number of aliphatic imine (C=N–C) groups is 1. The molecule has 136 valence electrons. The molecule has 0 unspecified atom stereocenters. The van der Waals surface area contributed by atoms with Gasteiger partial charge in [-0.2, -0.15) is 5.10 Å². The first-order valence-corrected chi connectivity index (χ1v) is 9.29. The highest BCUT2D eigenvalue weighted by Gasteiger charge is 2.05. The van der Waals surface area contributed by atoms with Gasteiger partial charge in [0.05, 0.1) is 10.7 Å². The third-order valence-electron chi connectivity index (χ3n) is 4.00. The first-order chi connectivity index (χ1) is 12.7. The van der Waals surface area contributed by atoms with Gasteiger partial charge in [0, 0.05) is 37.0 Å². The van der Waals surface area contributed by atoms with E-state index in [1.807, 2.05) is 12.1 Å². The second kappa shape index (κ2) is 8.57. The lowest BCUT2D eigenvalue weighted by atomic mass is 10.1. The number of aromatic nitrogens is 4. The minimum atomic E-state index is 0.678. The van der Waals surface area contributed by atoms with Crippen LogP contribution in [-0.4, -0.2) is 39.7 Å². The maximum atomic E-state index is 4.56. The molecule has 0 radical (unpaired) electrons. The summed E-state index contributed by atoms with van der Waals surface area (Å²) in [6.07, 6.45) is 2.40. The second-order valence-electron chi connectivity index (χ2n) is 5.89. The summed E-state index contributed by atoms with van der Waals surface area (Å²) in [7, 11) is 1.78. The molecule has 3 N–H and O–H groups in total. The van der Waals surface area contributed by atoms with Gasteiger partial charge in [0.15, 0.2) is 11.8 Å². The maximum Gasteiger partial charge on any atom is 0.191 e. The molecule has 0 aliphatic carbocycles. The van der Waals surface area contributed by atoms with Gasteiger partial charge in [-0.05, 0) is 25.5 Å². The summed E-state index contributed by atoms with van der Waals surface area (Å²) < 4.78 is 0. The molecule has 8 heteroatoms. The zero-order valence-electron chi connectivity index (χ0n) is 15.2. The van der Waals surface area contributed by atoms with E-state index in [9.17, 15) is 0 Å². The Balaban J connectivity index is 1.50. The van der Waals surface area contributed by atoms with Gasteiger partial charge in [-0.1, -0.05) is 18.2 Å². The average molecular weight is 369 g/mol. The summed E-state index contributed by atoms with van der Waals surface area (Å²) in [4.78, 5) is 14.3. The maximum absolute atomic E-state index is 4.56. The highest BCUT2D eigenvalue weighted by atomic mass is 32.1. The van der Waals surface area contributed by atoms with Crippen LogP contribution in [0.25, 0.3) is 11.4 Å². The summed E-state index contributed by atoms with van der Waals surface area (Å²) in [6.45, 7) is 5.63. The normalized spacial score (nSPS) is 11.6. The Morgan fingerprint density at radius 1 is 1.27 bits per heavy atom. The molecular weight excluding hydrogens is 346 g/mol. The van der Waals surface area contributed by atoms with Gasteiger partial charge >= 0.3 is 0 Å². The molecule has 0 atom stereocenters. The van der Waals surface area contributed by atoms with Gasteiger partial charge in [-0.25, -0.2) is 9.97 Å². The third kappa shape index (κ3) is 4.66. The summed E-state index contributed by atoms with van der Waals surface area (Å²) >= 11 is 1.76. The molecule has 26 heavy (non-hydrogen) atoms. The number of aromatic amines is 1. The van der Waals surface area contributed by atoms with Gasteiger partial charge in [-0.15, -0.1) is 11.3 Å². The van der Waals surface area contributed by atoms with Crippen LogP contribution >= 0.6 is 11.3 Å². The number of rotatable bonds is 6. The lowest BCUT2D eigenvalue weighted by molar-refractivity contribution is 0.791. The fraction of sp³-hybridized carbons (Fsp3) is 0.333. The molecule has 3 aromatic rings. The summed E-state index contributed by atoms with van der Waals surface area (Å²) in [5, 5.41) is 14.6. The van der Waals surface area contributed by atoms with Crippen molar-refractivity contribution in [3.63, 3.8) is 0 Å². The monoisotopic (exact) mass is 369 g/mol. The van der Waals surface area contributed by atoms with Crippen molar-refractivity contribution in [1.82, 2.24) is 30.8 Å². The molecule has 3 rings (SSSR count). The quantitative estimate of drug-likeness (QED) is 0.459. The molecule has 0 saturated heterocycles. The van der Waals surface area contributed by atoms with Crippen molar-refractivity contribution in [3.05, 3.63) is 51.7 Å². The van der Waals surface area contributed by atoms with E-state index in [1.54, 1.807) is 18.4 Å². The van der Waals surface area contributed by atoms with Gasteiger partial charge < -0.3 is 10.6 Å². The third-order valence-corrected chi connectivity index (χ3v) is 5.14. The topological polar surface area (TPSA) is 90.9 Å². The predicted octanol–water partition coefficient (Wildman–Crippen LogP) is 2.45. The lowest BCUT2D eigenvalue weighted by Crippen LogP contribution is -2.37. The van der Waals surface area contributed by atoms with Crippen molar-refractivity contribution in [3.8, 4) is 11.4 Å². The average Bonchev–Trinajstić information content (AvgIpc) is 3.29. The first-order valence-electron chi connectivity index (χ1n) is 8.48. The fourth-order valence-electron chi connectivity index (χ4n) is 2.51. The molecule has 0 bridgehead atoms. The smallest absolute Gasteiger partial charge is 0.191 e. The van der Waals surface area contributed by atoms with E-state index in [4.69, 9.17) is 0 Å². The number of H-pyrrole nitrogens is 1. The second-order valence-corrected chi connectivity index (χ2v) is 7.17. The van der Waals surface area contributed by atoms with Crippen LogP contribution < -0.4 is 10.6 Å². The molecule has 7 nitrogen and oxygen atoms in total. The summed E-state index contributed by atoms with van der Waals surface area (Å²) in [6, 6.07) is 8.18. The van der Waals surface area contributed by atoms with Crippen LogP contribution in [0.1, 0.15) is 21.1 Å². The number of benzene rings is 1. The van der Waals surface area contributed by atoms with Crippen molar-refractivity contribution in [2.24, 2.45) is 4.99 Å². The summed E-state index contributed by atoms with van der Waals surface area (Å²) in [5.41, 5.74) is 3.28. The van der Waals surface area contributed by atoms with Crippen LogP contribution in [0.4, 0.5) is 0 Å². The molecule has 0 aliphatic heterocycles. The lowest BCUT2D eigenvalue weighted by Gasteiger charge is -2.12. The Bertz CT molecular complexity index is 848. The number of aryl methyl sites for hydroxylation is 2. The van der Waals surface area contributed by atoms with Crippen molar-refractivity contribution >= 4 is 17.3 Å². The predicted molar refractivity (Wildman–Crippen MR) is 105 cm³/mol. The Labute approximate surface area is 157 Å². The SMILES string of the molecule is CN=C(NCCc1nc(C)c(C)s1)NCc1cccc(-c2ncn[nH]2)c1. The van der Waals surface area contributed by atoms with Crippen LogP contribution in [-0.2, 0) is 13.0 Å². The number of hydrogen-bond donors (Lipinski definition) is 3.